The molecule has 61 heteroatoms. The third kappa shape index (κ3) is 22.8. The van der Waals surface area contributed by atoms with E-state index in [4.69, 9.17) is 73.7 Å². The third-order valence-electron chi connectivity index (χ3n) is 19.6. The van der Waals surface area contributed by atoms with Crippen LogP contribution in [0.15, 0.2) is 94.7 Å². The van der Waals surface area contributed by atoms with Gasteiger partial charge in [0, 0.05) is 109 Å². The highest BCUT2D eigenvalue weighted by Gasteiger charge is 2.52. The highest BCUT2D eigenvalue weighted by atomic mass is 31.2. The molecule has 6 aliphatic heterocycles. The first-order valence-electron chi connectivity index (χ1n) is 36.0. The summed E-state index contributed by atoms with van der Waals surface area (Å²) in [6, 6.07) is 0. The molecular formula is C60H80N12O43P6. The van der Waals surface area contributed by atoms with Gasteiger partial charge in [0.15, 0.2) is 0 Å². The Bertz CT molecular complexity index is 6000. The summed E-state index contributed by atoms with van der Waals surface area (Å²) in [6.45, 7) is 1.12. The maximum absolute atomic E-state index is 14.4. The lowest BCUT2D eigenvalue weighted by atomic mass is 10.2. The van der Waals surface area contributed by atoms with E-state index in [1.807, 2.05) is 24.9 Å². The fraction of sp³-hybridized carbons (Fsp3) is 0.600. The van der Waals surface area contributed by atoms with Crippen LogP contribution >= 0.6 is 46.9 Å². The molecule has 55 nitrogen and oxygen atoms in total. The first-order valence-corrected chi connectivity index (χ1v) is 45.0. The molecule has 6 fully saturated rings. The van der Waals surface area contributed by atoms with E-state index in [0.29, 0.717) is 0 Å². The number of hydrogen-bond donors (Lipinski definition) is 14. The van der Waals surface area contributed by atoms with E-state index in [1.165, 1.54) is 41.5 Å². The first-order chi connectivity index (χ1) is 56.4. The van der Waals surface area contributed by atoms with Crippen LogP contribution in [0.3, 0.4) is 0 Å². The smallest absolute Gasteiger partial charge is 0.390 e. The van der Waals surface area contributed by atoms with Crippen LogP contribution in [0.25, 0.3) is 0 Å². The van der Waals surface area contributed by atoms with Gasteiger partial charge in [0.05, 0.1) is 45.7 Å². The number of rotatable bonds is 34. The quantitative estimate of drug-likeness (QED) is 0.0177. The molecule has 0 bridgehead atoms. The van der Waals surface area contributed by atoms with Crippen molar-refractivity contribution >= 4 is 46.9 Å². The van der Waals surface area contributed by atoms with E-state index < -0.39 is 297 Å². The van der Waals surface area contributed by atoms with E-state index in [0.717, 1.165) is 64.6 Å². The summed E-state index contributed by atoms with van der Waals surface area (Å²) >= 11 is 0. The number of aromatic nitrogens is 12. The van der Waals surface area contributed by atoms with Gasteiger partial charge in [0.25, 0.3) is 33.4 Å². The number of hydrogen-bond acceptors (Lipinski definition) is 36. The molecule has 0 aromatic carbocycles. The molecule has 0 aliphatic carbocycles. The topological polar surface area (TPSA) is 750 Å². The van der Waals surface area contributed by atoms with Crippen molar-refractivity contribution in [2.45, 2.75) is 191 Å². The van der Waals surface area contributed by atoms with Gasteiger partial charge in [0.1, 0.15) is 105 Å². The molecule has 121 heavy (non-hydrogen) atoms. The molecular weight excluding hydrogens is 1760 g/mol. The molecule has 12 rings (SSSR count). The Balaban J connectivity index is 0.743. The Morgan fingerprint density at radius 3 is 0.645 bits per heavy atom. The van der Waals surface area contributed by atoms with Gasteiger partial charge in [-0.15, -0.1) is 0 Å². The number of ether oxygens (including phenoxy) is 6. The lowest BCUT2D eigenvalue weighted by molar-refractivity contribution is -0.0657. The zero-order chi connectivity index (χ0) is 88.2. The molecule has 0 amide bonds. The molecule has 6 aromatic rings. The summed E-state index contributed by atoms with van der Waals surface area (Å²) in [6.07, 6.45) is -27.2. The van der Waals surface area contributed by atoms with Crippen molar-refractivity contribution in [3.05, 3.63) is 196 Å². The Labute approximate surface area is 672 Å². The predicted octanol–water partition coefficient (Wildman–Crippen LogP) is -3.16. The van der Waals surface area contributed by atoms with Gasteiger partial charge in [-0.2, -0.15) is 0 Å². The molecule has 6 saturated heterocycles. The summed E-state index contributed by atoms with van der Waals surface area (Å²) in [7, 11) is -33.3. The Hall–Kier alpha value is -7.54. The fourth-order valence-corrected chi connectivity index (χ4v) is 18.7. The maximum atomic E-state index is 14.4. The van der Waals surface area contributed by atoms with Crippen molar-refractivity contribution in [1.82, 2.24) is 57.3 Å². The minimum Gasteiger partial charge on any atom is -0.390 e. The van der Waals surface area contributed by atoms with Gasteiger partial charge in [0.2, 0.25) is 0 Å². The number of phosphoric acid groups is 6. The average Bonchev–Trinajstić information content (AvgIpc) is 1.58. The van der Waals surface area contributed by atoms with E-state index in [1.54, 1.807) is 0 Å². The largest absolute Gasteiger partial charge is 0.472 e. The van der Waals surface area contributed by atoms with Crippen molar-refractivity contribution < 1.29 is 145 Å². The normalized spacial score (nSPS) is 29.5. The molecule has 0 spiro atoms. The second-order valence-electron chi connectivity index (χ2n) is 28.5. The van der Waals surface area contributed by atoms with Gasteiger partial charge in [-0.25, -0.2) is 56.2 Å². The van der Waals surface area contributed by atoms with Crippen LogP contribution in [0.2, 0.25) is 0 Å². The second-order valence-corrected chi connectivity index (χ2v) is 36.7. The number of aromatic amines is 6. The number of phosphoric ester groups is 6. The average molecular weight is 1840 g/mol. The summed E-state index contributed by atoms with van der Waals surface area (Å²) in [5, 5.41) is 10.8. The van der Waals surface area contributed by atoms with Gasteiger partial charge < -0.3 is 67.8 Å². The minimum absolute atomic E-state index is 0.0106. The standard InChI is InChI=1S/C60H80N12O43P6/c1-25-13-67(55(80)61-49(25)74)43-7-31(73)37(105-43)19-100-117(89,90)112-33-9-45(69-15-27(3)51(76)63-57(69)82)107-39(33)21-102-119(93,94)114-35-11-47(71-17-29(5)53(78)65-59(71)84)109-41(35)23-104-121(97,98)115-36-12-48(72-18-30(6)54(79)66-60(72)85)110-42(36)24-103-120(95,96)113-34-10-46(70-16-28(4)52(77)64-58(70)83)108-40(34)22-101-118(91,92)111-32-8-44(106-38(32)20-99-116(86,87)88)68-14-26(2)50(75)62-56(68)81/h13-18,31-48,73H,7-12,19-24H2,1-6H3,(H,89,90)(H,91,92)(H,93,94)(H,95,96)(H,97,98)(H,61,74,80)(H,62,75,81)(H,63,76,82)(H,64,77,83)(H,65,78,84)(H,66,79,85)(H2,86,87,88)/t31-,32-,33-,34-,35-,36-,37+,38+,39+,40+,41+,42+,43+,44+,45+,46+,47+,48+/m0/s1. The molecule has 5 unspecified atom stereocenters. The van der Waals surface area contributed by atoms with E-state index in [2.05, 4.69) is 9.51 Å². The van der Waals surface area contributed by atoms with Crippen LogP contribution in [0.1, 0.15) is 109 Å². The number of aliphatic hydroxyl groups excluding tert-OH is 1. The Kier molecular flexibility index (Phi) is 28.0. The Morgan fingerprint density at radius 2 is 0.455 bits per heavy atom. The molecule has 23 atom stereocenters. The third-order valence-corrected chi connectivity index (χ3v) is 25.2. The van der Waals surface area contributed by atoms with Gasteiger partial charge in [-0.05, 0) is 41.5 Å². The van der Waals surface area contributed by atoms with E-state index >= 15 is 0 Å². The summed E-state index contributed by atoms with van der Waals surface area (Å²) in [5.41, 5.74) is -11.4. The molecule has 0 saturated carbocycles. The van der Waals surface area contributed by atoms with Crippen molar-refractivity contribution in [1.29, 1.82) is 0 Å². The van der Waals surface area contributed by atoms with Gasteiger partial charge in [-0.3, -0.25) is 136 Å². The zero-order valence-corrected chi connectivity index (χ0v) is 68.9. The lowest BCUT2D eigenvalue weighted by Gasteiger charge is -2.26. The molecule has 0 radical (unpaired) electrons. The lowest BCUT2D eigenvalue weighted by Crippen LogP contribution is -2.33. The summed E-state index contributed by atoms with van der Waals surface area (Å²) in [4.78, 5) is 240. The summed E-state index contributed by atoms with van der Waals surface area (Å²) in [5.74, 6) is 0. The summed E-state index contributed by atoms with van der Waals surface area (Å²) < 4.78 is 181. The van der Waals surface area contributed by atoms with Crippen molar-refractivity contribution in [2.75, 3.05) is 39.6 Å². The minimum atomic E-state index is -5.74. The monoisotopic (exact) mass is 1840 g/mol. The molecule has 6 aromatic heterocycles. The van der Waals surface area contributed by atoms with Crippen molar-refractivity contribution in [3.8, 4) is 0 Å². The van der Waals surface area contributed by atoms with E-state index in [9.17, 15) is 124 Å². The highest BCUT2D eigenvalue weighted by molar-refractivity contribution is 7.48. The number of nitrogens with zero attached hydrogens (tertiary/aromatic N) is 6. The van der Waals surface area contributed by atoms with Gasteiger partial charge >= 0.3 is 81.1 Å². The van der Waals surface area contributed by atoms with Crippen LogP contribution in [0, 0.1) is 41.5 Å². The predicted molar refractivity (Wildman–Crippen MR) is 395 cm³/mol. The molecule has 6 aliphatic rings. The van der Waals surface area contributed by atoms with Crippen LogP contribution in [-0.4, -0.2) is 210 Å². The molecule has 14 N–H and O–H groups in total. The van der Waals surface area contributed by atoms with Crippen molar-refractivity contribution in [3.63, 3.8) is 0 Å². The van der Waals surface area contributed by atoms with Gasteiger partial charge in [-0.1, -0.05) is 0 Å². The van der Waals surface area contributed by atoms with Crippen LogP contribution in [-0.2, 0) is 106 Å². The van der Waals surface area contributed by atoms with E-state index in [-0.39, 0.29) is 39.8 Å². The second kappa shape index (κ2) is 36.6. The fourth-order valence-electron chi connectivity index (χ4n) is 13.5. The first kappa shape index (κ1) is 92.6. The Morgan fingerprint density at radius 1 is 0.289 bits per heavy atom. The molecule has 12 heterocycles. The maximum Gasteiger partial charge on any atom is 0.472 e. The SMILES string of the molecule is Cc1cn([C@H]2C[C@H](OP(=O)(O)OC[C@H]3O[C@@H](n4cc(C)c(=O)[nH]c4=O)C[C@@H]3OP(=O)(O)OC[C@H]3O[C@@H](n4cc(C)c(=O)[nH]c4=O)C[C@@H]3OP(=O)(O)OC[C@H]3O[C@@H](n4cc(C)c(=O)[nH]c4=O)C[C@@H]3OP(=O)(O)OC[C@H]3O[C@@H](n4cc(C)c(=O)[nH]c4=O)C[C@@H]3OP(=O)(O)OC[C@H]3O[C@@H](n4cc(C)c(=O)[nH]c4=O)C[C@@H]3O)[C@@H](COP(=O)(O)O)O2)c(=O)[nH]c1=O. The highest BCUT2D eigenvalue weighted by Crippen LogP contribution is 2.56. The number of aryl methyl sites for hydroxylation is 6. The molecule has 668 valence electrons. The van der Waals surface area contributed by atoms with Crippen LogP contribution < -0.4 is 67.5 Å². The zero-order valence-electron chi connectivity index (χ0n) is 63.6. The van der Waals surface area contributed by atoms with Crippen molar-refractivity contribution in [2.24, 2.45) is 0 Å². The number of nitrogens with one attached hydrogen (secondary N) is 6. The van der Waals surface area contributed by atoms with Crippen LogP contribution in [0.5, 0.6) is 0 Å². The van der Waals surface area contributed by atoms with Crippen LogP contribution in [0.4, 0.5) is 0 Å². The number of H-pyrrole nitrogens is 6. The number of aliphatic hydroxyl groups is 1.